The molecule has 1 aliphatic rings. The van der Waals surface area contributed by atoms with Crippen molar-refractivity contribution in [3.8, 4) is 6.07 Å². The molecule has 2 aromatic heterocycles. The van der Waals surface area contributed by atoms with Gasteiger partial charge in [-0.3, -0.25) is 4.98 Å². The zero-order valence-electron chi connectivity index (χ0n) is 13.7. The summed E-state index contributed by atoms with van der Waals surface area (Å²) in [7, 11) is -1.76. The van der Waals surface area contributed by atoms with Gasteiger partial charge in [0, 0.05) is 44.1 Å². The van der Waals surface area contributed by atoms with Crippen molar-refractivity contribution in [2.24, 2.45) is 7.05 Å². The van der Waals surface area contributed by atoms with Gasteiger partial charge >= 0.3 is 0 Å². The zero-order chi connectivity index (χ0) is 17.3. The summed E-state index contributed by atoms with van der Waals surface area (Å²) in [5, 5.41) is 8.93. The van der Waals surface area contributed by atoms with Crippen molar-refractivity contribution in [3.63, 3.8) is 0 Å². The Morgan fingerprint density at radius 1 is 1.29 bits per heavy atom. The molecule has 126 valence electrons. The highest BCUT2D eigenvalue weighted by Crippen LogP contribution is 2.29. The minimum absolute atomic E-state index is 0.109. The average Bonchev–Trinajstić information content (AvgIpc) is 2.95. The second-order valence-electron chi connectivity index (χ2n) is 6.00. The third-order valence-corrected chi connectivity index (χ3v) is 6.25. The van der Waals surface area contributed by atoms with Crippen LogP contribution in [0.2, 0.25) is 0 Å². The molecule has 8 heteroatoms. The van der Waals surface area contributed by atoms with E-state index >= 15 is 0 Å². The molecule has 1 aliphatic heterocycles. The van der Waals surface area contributed by atoms with Crippen molar-refractivity contribution < 1.29 is 8.42 Å². The van der Waals surface area contributed by atoms with Gasteiger partial charge in [-0.05, 0) is 31.9 Å². The molecule has 2 aromatic rings. The van der Waals surface area contributed by atoms with Gasteiger partial charge < -0.3 is 4.57 Å². The fraction of sp³-hybridized carbons (Fsp3) is 0.438. The molecule has 0 unspecified atom stereocenters. The lowest BCUT2D eigenvalue weighted by atomic mass is 9.94. The van der Waals surface area contributed by atoms with E-state index in [9.17, 15) is 8.42 Å². The largest absolute Gasteiger partial charge is 0.337 e. The molecule has 0 aromatic carbocycles. The summed E-state index contributed by atoms with van der Waals surface area (Å²) in [5.74, 6) is 0.889. The van der Waals surface area contributed by atoms with Gasteiger partial charge in [0.05, 0.1) is 5.56 Å². The van der Waals surface area contributed by atoms with Gasteiger partial charge in [0.25, 0.3) is 10.0 Å². The molecule has 0 bridgehead atoms. The smallest absolute Gasteiger partial charge is 0.262 e. The average molecular weight is 345 g/mol. The van der Waals surface area contributed by atoms with Crippen molar-refractivity contribution in [1.82, 2.24) is 18.8 Å². The van der Waals surface area contributed by atoms with Crippen molar-refractivity contribution in [2.75, 3.05) is 13.1 Å². The second kappa shape index (κ2) is 6.34. The van der Waals surface area contributed by atoms with Crippen LogP contribution in [0.25, 0.3) is 0 Å². The van der Waals surface area contributed by atoms with Crippen molar-refractivity contribution in [1.29, 1.82) is 5.26 Å². The molecule has 1 saturated heterocycles. The molecule has 0 atom stereocenters. The SMILES string of the molecule is Cc1nc(S(=O)(=O)N2CCC(c3ccc(C#N)cn3)CC2)cn1C. The van der Waals surface area contributed by atoms with E-state index in [0.717, 1.165) is 5.69 Å². The fourth-order valence-electron chi connectivity index (χ4n) is 2.89. The lowest BCUT2D eigenvalue weighted by Crippen LogP contribution is -2.38. The van der Waals surface area contributed by atoms with E-state index < -0.39 is 10.0 Å². The number of pyridine rings is 1. The number of aromatic nitrogens is 3. The highest BCUT2D eigenvalue weighted by atomic mass is 32.2. The van der Waals surface area contributed by atoms with Crippen LogP contribution in [0, 0.1) is 18.3 Å². The molecular weight excluding hydrogens is 326 g/mol. The Bertz CT molecular complexity index is 853. The molecule has 3 rings (SSSR count). The van der Waals surface area contributed by atoms with Crippen molar-refractivity contribution in [2.45, 2.75) is 30.7 Å². The molecule has 1 fully saturated rings. The number of hydrogen-bond acceptors (Lipinski definition) is 5. The number of aryl methyl sites for hydroxylation is 2. The molecular formula is C16H19N5O2S. The zero-order valence-corrected chi connectivity index (χ0v) is 14.5. The highest BCUT2D eigenvalue weighted by Gasteiger charge is 2.32. The highest BCUT2D eigenvalue weighted by molar-refractivity contribution is 7.89. The van der Waals surface area contributed by atoms with Crippen molar-refractivity contribution >= 4 is 10.0 Å². The summed E-state index contributed by atoms with van der Waals surface area (Å²) >= 11 is 0. The minimum atomic E-state index is -3.54. The van der Waals surface area contributed by atoms with Crippen LogP contribution >= 0.6 is 0 Å². The van der Waals surface area contributed by atoms with E-state index in [4.69, 9.17) is 5.26 Å². The van der Waals surface area contributed by atoms with E-state index in [0.29, 0.717) is 37.3 Å². The summed E-state index contributed by atoms with van der Waals surface area (Å²) in [6.07, 6.45) is 4.54. The van der Waals surface area contributed by atoms with Gasteiger partial charge in [0.15, 0.2) is 5.03 Å². The normalized spacial score (nSPS) is 16.9. The molecule has 0 saturated carbocycles. The van der Waals surface area contributed by atoms with Crippen LogP contribution in [0.4, 0.5) is 0 Å². The molecule has 0 spiro atoms. The maximum Gasteiger partial charge on any atom is 0.262 e. The van der Waals surface area contributed by atoms with Crippen LogP contribution < -0.4 is 0 Å². The Balaban J connectivity index is 1.71. The summed E-state index contributed by atoms with van der Waals surface area (Å²) in [6.45, 7) is 2.68. The van der Waals surface area contributed by atoms with Crippen molar-refractivity contribution in [3.05, 3.63) is 41.6 Å². The minimum Gasteiger partial charge on any atom is -0.337 e. The summed E-state index contributed by atoms with van der Waals surface area (Å²) in [6, 6.07) is 5.66. The van der Waals surface area contributed by atoms with E-state index in [1.54, 1.807) is 37.0 Å². The van der Waals surface area contributed by atoms with Crippen LogP contribution in [0.5, 0.6) is 0 Å². The Morgan fingerprint density at radius 2 is 2.00 bits per heavy atom. The van der Waals surface area contributed by atoms with E-state index in [-0.39, 0.29) is 10.9 Å². The number of piperidine rings is 1. The number of hydrogen-bond donors (Lipinski definition) is 0. The number of sulfonamides is 1. The standard InChI is InChI=1S/C16H19N5O2S/c1-12-19-16(11-20(12)2)24(22,23)21-7-5-14(6-8-21)15-4-3-13(9-17)10-18-15/h3-4,10-11,14H,5-8H2,1-2H3. The number of nitrogens with zero attached hydrogens (tertiary/aromatic N) is 5. The van der Waals surface area contributed by atoms with Gasteiger partial charge in [-0.15, -0.1) is 0 Å². The van der Waals surface area contributed by atoms with E-state index in [1.807, 2.05) is 12.1 Å². The third-order valence-electron chi connectivity index (χ3n) is 4.48. The predicted octanol–water partition coefficient (Wildman–Crippen LogP) is 1.56. The maximum absolute atomic E-state index is 12.7. The van der Waals surface area contributed by atoms with Gasteiger partial charge in [-0.2, -0.15) is 9.57 Å². The lowest BCUT2D eigenvalue weighted by Gasteiger charge is -2.30. The van der Waals surface area contributed by atoms with Crippen LogP contribution in [-0.2, 0) is 17.1 Å². The van der Waals surface area contributed by atoms with Crippen LogP contribution in [0.1, 0.15) is 35.8 Å². The van der Waals surface area contributed by atoms with E-state index in [1.165, 1.54) is 4.31 Å². The van der Waals surface area contributed by atoms with Gasteiger partial charge in [0.2, 0.25) is 0 Å². The van der Waals surface area contributed by atoms with E-state index in [2.05, 4.69) is 9.97 Å². The Morgan fingerprint density at radius 3 is 2.50 bits per heavy atom. The summed E-state index contributed by atoms with van der Waals surface area (Å²) < 4.78 is 28.6. The Hall–Kier alpha value is -2.24. The van der Waals surface area contributed by atoms with Crippen LogP contribution in [0.15, 0.2) is 29.6 Å². The van der Waals surface area contributed by atoms with Gasteiger partial charge in [0.1, 0.15) is 11.9 Å². The molecule has 0 aliphatic carbocycles. The quantitative estimate of drug-likeness (QED) is 0.842. The van der Waals surface area contributed by atoms with Gasteiger partial charge in [-0.1, -0.05) is 0 Å². The first-order valence-corrected chi connectivity index (χ1v) is 9.22. The molecule has 24 heavy (non-hydrogen) atoms. The molecule has 0 radical (unpaired) electrons. The first-order valence-electron chi connectivity index (χ1n) is 7.78. The third kappa shape index (κ3) is 3.05. The predicted molar refractivity (Wildman–Crippen MR) is 87.6 cm³/mol. The number of nitriles is 1. The maximum atomic E-state index is 12.7. The Labute approximate surface area is 141 Å². The first kappa shape index (κ1) is 16.6. The number of rotatable bonds is 3. The Kier molecular flexibility index (Phi) is 4.39. The molecule has 0 amide bonds. The monoisotopic (exact) mass is 345 g/mol. The first-order chi connectivity index (χ1) is 11.4. The van der Waals surface area contributed by atoms with Crippen LogP contribution in [0.3, 0.4) is 0 Å². The topological polar surface area (TPSA) is 91.9 Å². The summed E-state index contributed by atoms with van der Waals surface area (Å²) in [4.78, 5) is 8.47. The fourth-order valence-corrected chi connectivity index (χ4v) is 4.38. The van der Waals surface area contributed by atoms with Gasteiger partial charge in [-0.25, -0.2) is 13.4 Å². The molecule has 3 heterocycles. The van der Waals surface area contributed by atoms with Crippen LogP contribution in [-0.4, -0.2) is 40.3 Å². The second-order valence-corrected chi connectivity index (χ2v) is 7.88. The summed E-state index contributed by atoms with van der Waals surface area (Å²) in [5.41, 5.74) is 1.45. The lowest BCUT2D eigenvalue weighted by molar-refractivity contribution is 0.316. The molecule has 7 nitrogen and oxygen atoms in total. The molecule has 0 N–H and O–H groups in total. The number of imidazole rings is 1.